The summed E-state index contributed by atoms with van der Waals surface area (Å²) in [5, 5.41) is 7.82. The summed E-state index contributed by atoms with van der Waals surface area (Å²) in [6.45, 7) is 2.39. The standard InChI is InChI=1S/C14H14FN5O/c1-2-12-13(16)18-19-20(12)7-11-8-21-14(17-11)9-4-3-5-10(15)6-9/h3-6,8H,2,7,16H2,1H3. The highest BCUT2D eigenvalue weighted by Gasteiger charge is 2.12. The molecule has 0 unspecified atom stereocenters. The van der Waals surface area contributed by atoms with E-state index in [9.17, 15) is 4.39 Å². The highest BCUT2D eigenvalue weighted by Crippen LogP contribution is 2.20. The van der Waals surface area contributed by atoms with E-state index < -0.39 is 0 Å². The normalized spacial score (nSPS) is 11.0. The molecule has 0 bridgehead atoms. The predicted molar refractivity (Wildman–Crippen MR) is 74.8 cm³/mol. The average Bonchev–Trinajstić information content (AvgIpc) is 3.07. The monoisotopic (exact) mass is 287 g/mol. The van der Waals surface area contributed by atoms with Gasteiger partial charge in [-0.15, -0.1) is 5.10 Å². The van der Waals surface area contributed by atoms with E-state index in [1.165, 1.54) is 18.4 Å². The lowest BCUT2D eigenvalue weighted by Crippen LogP contribution is -2.07. The number of oxazole rings is 1. The van der Waals surface area contributed by atoms with Crippen LogP contribution in [0.4, 0.5) is 10.2 Å². The molecule has 7 heteroatoms. The van der Waals surface area contributed by atoms with Gasteiger partial charge in [-0.2, -0.15) is 0 Å². The van der Waals surface area contributed by atoms with Crippen LogP contribution in [-0.2, 0) is 13.0 Å². The fraction of sp³-hybridized carbons (Fsp3) is 0.214. The molecule has 0 saturated carbocycles. The number of anilines is 1. The minimum atomic E-state index is -0.329. The first-order valence-corrected chi connectivity index (χ1v) is 6.55. The van der Waals surface area contributed by atoms with E-state index in [1.807, 2.05) is 6.92 Å². The summed E-state index contributed by atoms with van der Waals surface area (Å²) in [4.78, 5) is 4.34. The number of nitrogens with zero attached hydrogens (tertiary/aromatic N) is 4. The van der Waals surface area contributed by atoms with Gasteiger partial charge in [-0.1, -0.05) is 18.2 Å². The van der Waals surface area contributed by atoms with Crippen LogP contribution in [0.5, 0.6) is 0 Å². The Kier molecular flexibility index (Phi) is 3.39. The van der Waals surface area contributed by atoms with Crippen LogP contribution in [-0.4, -0.2) is 20.0 Å². The molecule has 0 aliphatic rings. The van der Waals surface area contributed by atoms with Crippen LogP contribution in [0.25, 0.3) is 11.5 Å². The number of hydrogen-bond donors (Lipinski definition) is 1. The number of halogens is 1. The second-order valence-corrected chi connectivity index (χ2v) is 4.59. The van der Waals surface area contributed by atoms with Crippen molar-refractivity contribution >= 4 is 5.82 Å². The first kappa shape index (κ1) is 13.3. The molecule has 0 atom stereocenters. The Hall–Kier alpha value is -2.70. The molecule has 2 N–H and O–H groups in total. The number of nitrogen functional groups attached to an aromatic ring is 1. The lowest BCUT2D eigenvalue weighted by atomic mass is 10.2. The first-order chi connectivity index (χ1) is 10.2. The molecule has 6 nitrogen and oxygen atoms in total. The van der Waals surface area contributed by atoms with Gasteiger partial charge >= 0.3 is 0 Å². The molecule has 0 aliphatic heterocycles. The Bertz CT molecular complexity index is 764. The third kappa shape index (κ3) is 2.62. The van der Waals surface area contributed by atoms with Crippen molar-refractivity contribution in [2.75, 3.05) is 5.73 Å². The van der Waals surface area contributed by atoms with Gasteiger partial charge in [0, 0.05) is 5.56 Å². The summed E-state index contributed by atoms with van der Waals surface area (Å²) in [6, 6.07) is 6.10. The predicted octanol–water partition coefficient (Wildman–Crippen LogP) is 2.27. The van der Waals surface area contributed by atoms with Crippen LogP contribution in [0.1, 0.15) is 18.3 Å². The molecule has 0 radical (unpaired) electrons. The molecule has 108 valence electrons. The van der Waals surface area contributed by atoms with Crippen molar-refractivity contribution in [2.24, 2.45) is 0 Å². The van der Waals surface area contributed by atoms with Crippen molar-refractivity contribution in [3.8, 4) is 11.5 Å². The van der Waals surface area contributed by atoms with Gasteiger partial charge in [-0.05, 0) is 24.6 Å². The van der Waals surface area contributed by atoms with Gasteiger partial charge in [0.1, 0.15) is 17.8 Å². The summed E-state index contributed by atoms with van der Waals surface area (Å²) < 4.78 is 20.3. The van der Waals surface area contributed by atoms with Gasteiger partial charge < -0.3 is 10.2 Å². The fourth-order valence-electron chi connectivity index (χ4n) is 2.12. The lowest BCUT2D eigenvalue weighted by Gasteiger charge is -2.01. The largest absolute Gasteiger partial charge is 0.444 e. The van der Waals surface area contributed by atoms with E-state index in [2.05, 4.69) is 15.3 Å². The van der Waals surface area contributed by atoms with E-state index in [4.69, 9.17) is 10.2 Å². The van der Waals surface area contributed by atoms with Crippen LogP contribution < -0.4 is 5.73 Å². The average molecular weight is 287 g/mol. The first-order valence-electron chi connectivity index (χ1n) is 6.55. The van der Waals surface area contributed by atoms with E-state index >= 15 is 0 Å². The number of aromatic nitrogens is 4. The minimum absolute atomic E-state index is 0.329. The molecule has 0 aliphatic carbocycles. The zero-order valence-electron chi connectivity index (χ0n) is 11.5. The molecule has 0 amide bonds. The smallest absolute Gasteiger partial charge is 0.226 e. The number of rotatable bonds is 4. The van der Waals surface area contributed by atoms with Crippen LogP contribution >= 0.6 is 0 Å². The maximum atomic E-state index is 13.2. The molecule has 3 aromatic rings. The van der Waals surface area contributed by atoms with Gasteiger partial charge in [-0.25, -0.2) is 14.1 Å². The van der Waals surface area contributed by atoms with Crippen molar-refractivity contribution in [1.82, 2.24) is 20.0 Å². The number of nitrogens with two attached hydrogens (primary N) is 1. The number of hydrogen-bond acceptors (Lipinski definition) is 5. The zero-order chi connectivity index (χ0) is 14.8. The van der Waals surface area contributed by atoms with E-state index in [-0.39, 0.29) is 5.82 Å². The van der Waals surface area contributed by atoms with Gasteiger partial charge in [0.2, 0.25) is 5.89 Å². The molecule has 0 saturated heterocycles. The van der Waals surface area contributed by atoms with E-state index in [0.29, 0.717) is 29.5 Å². The molecule has 2 heterocycles. The van der Waals surface area contributed by atoms with E-state index in [1.54, 1.807) is 16.8 Å². The molecular formula is C14H14FN5O. The second-order valence-electron chi connectivity index (χ2n) is 4.59. The minimum Gasteiger partial charge on any atom is -0.444 e. The van der Waals surface area contributed by atoms with Crippen LogP contribution in [0.15, 0.2) is 34.9 Å². The molecular weight excluding hydrogens is 273 g/mol. The van der Waals surface area contributed by atoms with Crippen molar-refractivity contribution in [3.63, 3.8) is 0 Å². The molecule has 3 rings (SSSR count). The summed E-state index contributed by atoms with van der Waals surface area (Å²) in [5.74, 6) is 0.464. The summed E-state index contributed by atoms with van der Waals surface area (Å²) in [6.07, 6.45) is 2.25. The number of benzene rings is 1. The Morgan fingerprint density at radius 2 is 2.24 bits per heavy atom. The third-order valence-electron chi connectivity index (χ3n) is 3.14. The van der Waals surface area contributed by atoms with Gasteiger partial charge in [-0.3, -0.25) is 0 Å². The lowest BCUT2D eigenvalue weighted by molar-refractivity contribution is 0.564. The van der Waals surface area contributed by atoms with Crippen LogP contribution in [0.2, 0.25) is 0 Å². The fourth-order valence-corrected chi connectivity index (χ4v) is 2.12. The molecule has 1 aromatic carbocycles. The summed E-state index contributed by atoms with van der Waals surface area (Å²) in [7, 11) is 0. The highest BCUT2D eigenvalue weighted by atomic mass is 19.1. The second kappa shape index (κ2) is 5.35. The highest BCUT2D eigenvalue weighted by molar-refractivity contribution is 5.52. The topological polar surface area (TPSA) is 82.8 Å². The van der Waals surface area contributed by atoms with Gasteiger partial charge in [0.15, 0.2) is 5.82 Å². The van der Waals surface area contributed by atoms with Crippen LogP contribution in [0, 0.1) is 5.82 Å². The Morgan fingerprint density at radius 3 is 3.00 bits per heavy atom. The third-order valence-corrected chi connectivity index (χ3v) is 3.14. The Labute approximate surface area is 120 Å². The maximum absolute atomic E-state index is 13.2. The van der Waals surface area contributed by atoms with Gasteiger partial charge in [0.25, 0.3) is 0 Å². The summed E-state index contributed by atoms with van der Waals surface area (Å²) >= 11 is 0. The maximum Gasteiger partial charge on any atom is 0.226 e. The summed E-state index contributed by atoms with van der Waals surface area (Å²) in [5.41, 5.74) is 7.86. The van der Waals surface area contributed by atoms with E-state index in [0.717, 1.165) is 12.1 Å². The Balaban J connectivity index is 1.85. The molecule has 0 fully saturated rings. The Morgan fingerprint density at radius 1 is 1.38 bits per heavy atom. The van der Waals surface area contributed by atoms with Crippen LogP contribution in [0.3, 0.4) is 0 Å². The molecule has 0 spiro atoms. The zero-order valence-corrected chi connectivity index (χ0v) is 11.5. The van der Waals surface area contributed by atoms with Crippen molar-refractivity contribution in [1.29, 1.82) is 0 Å². The SMILES string of the molecule is CCc1c(N)nnn1Cc1coc(-c2cccc(F)c2)n1. The van der Waals surface area contributed by atoms with Gasteiger partial charge in [0.05, 0.1) is 12.2 Å². The molecule has 21 heavy (non-hydrogen) atoms. The quantitative estimate of drug-likeness (QED) is 0.795. The van der Waals surface area contributed by atoms with Crippen molar-refractivity contribution < 1.29 is 8.81 Å². The van der Waals surface area contributed by atoms with Crippen molar-refractivity contribution in [2.45, 2.75) is 19.9 Å². The molecule has 2 aromatic heterocycles. The van der Waals surface area contributed by atoms with Crippen molar-refractivity contribution in [3.05, 3.63) is 47.7 Å².